The smallest absolute Gasteiger partial charge is 0.273 e. The molecule has 0 unspecified atom stereocenters. The minimum atomic E-state index is -0.0693. The van der Waals surface area contributed by atoms with Crippen LogP contribution in [0, 0.1) is 10.5 Å². The number of halogens is 1. The van der Waals surface area contributed by atoms with Crippen molar-refractivity contribution in [1.29, 1.82) is 0 Å². The van der Waals surface area contributed by atoms with E-state index in [4.69, 9.17) is 0 Å². The summed E-state index contributed by atoms with van der Waals surface area (Å²) in [5.41, 5.74) is 2.64. The van der Waals surface area contributed by atoms with Gasteiger partial charge in [0.05, 0.1) is 16.0 Å². The molecule has 0 aliphatic heterocycles. The van der Waals surface area contributed by atoms with E-state index >= 15 is 0 Å². The molecule has 0 aromatic carbocycles. The number of hydrogen-bond acceptors (Lipinski definition) is 3. The van der Waals surface area contributed by atoms with Gasteiger partial charge in [0.25, 0.3) is 5.91 Å². The topological polar surface area (TPSA) is 66.8 Å². The van der Waals surface area contributed by atoms with Gasteiger partial charge in [0, 0.05) is 31.9 Å². The summed E-state index contributed by atoms with van der Waals surface area (Å²) in [6.07, 6.45) is 3.42. The van der Waals surface area contributed by atoms with Crippen molar-refractivity contribution in [3.8, 4) is 0 Å². The van der Waals surface area contributed by atoms with Gasteiger partial charge in [-0.2, -0.15) is 10.2 Å². The molecule has 96 valence electrons. The van der Waals surface area contributed by atoms with Crippen LogP contribution in [0.1, 0.15) is 21.7 Å². The van der Waals surface area contributed by atoms with Gasteiger partial charge >= 0.3 is 0 Å². The molecule has 0 fully saturated rings. The van der Waals surface area contributed by atoms with Crippen molar-refractivity contribution in [2.45, 2.75) is 13.5 Å². The van der Waals surface area contributed by atoms with E-state index in [0.29, 0.717) is 12.2 Å². The van der Waals surface area contributed by atoms with Crippen molar-refractivity contribution in [3.05, 3.63) is 32.9 Å². The number of nitrogens with one attached hydrogen (secondary N) is 1. The van der Waals surface area contributed by atoms with E-state index in [-0.39, 0.29) is 5.91 Å². The van der Waals surface area contributed by atoms with Crippen LogP contribution >= 0.6 is 22.6 Å². The van der Waals surface area contributed by atoms with E-state index in [1.807, 2.05) is 14.0 Å². The predicted octanol–water partition coefficient (Wildman–Crippen LogP) is 1.33. The maximum absolute atomic E-state index is 12.2. The second-order valence-electron chi connectivity index (χ2n) is 4.13. The molecule has 0 atom stereocenters. The lowest BCUT2D eigenvalue weighted by Crippen LogP contribution is -2.27. The summed E-state index contributed by atoms with van der Waals surface area (Å²) in [5, 5.41) is 10.7. The molecule has 0 spiro atoms. The van der Waals surface area contributed by atoms with Crippen LogP contribution in [-0.2, 0) is 13.6 Å². The van der Waals surface area contributed by atoms with Gasteiger partial charge in [-0.05, 0) is 29.5 Å². The maximum Gasteiger partial charge on any atom is 0.273 e. The first kappa shape index (κ1) is 13.1. The highest BCUT2D eigenvalue weighted by Gasteiger charge is 2.18. The van der Waals surface area contributed by atoms with Gasteiger partial charge in [0.2, 0.25) is 0 Å². The van der Waals surface area contributed by atoms with E-state index in [2.05, 4.69) is 37.9 Å². The van der Waals surface area contributed by atoms with Crippen LogP contribution in [0.3, 0.4) is 0 Å². The fourth-order valence-electron chi connectivity index (χ4n) is 1.64. The number of carbonyl (C=O) groups excluding carboxylic acids is 1. The van der Waals surface area contributed by atoms with Gasteiger partial charge in [0.1, 0.15) is 5.69 Å². The predicted molar refractivity (Wildman–Crippen MR) is 75.0 cm³/mol. The van der Waals surface area contributed by atoms with Crippen molar-refractivity contribution >= 4 is 28.5 Å². The molecule has 2 rings (SSSR count). The zero-order chi connectivity index (χ0) is 13.3. The SMILES string of the molecule is Cc1c(CN(C)C(=O)c2[nH]ncc2I)cnn1C. The van der Waals surface area contributed by atoms with Crippen molar-refractivity contribution in [1.82, 2.24) is 24.9 Å². The highest BCUT2D eigenvalue weighted by molar-refractivity contribution is 14.1. The quantitative estimate of drug-likeness (QED) is 0.841. The Labute approximate surface area is 119 Å². The third-order valence-electron chi connectivity index (χ3n) is 2.90. The van der Waals surface area contributed by atoms with Crippen molar-refractivity contribution in [2.24, 2.45) is 7.05 Å². The fourth-order valence-corrected chi connectivity index (χ4v) is 2.13. The molecular weight excluding hydrogens is 345 g/mol. The highest BCUT2D eigenvalue weighted by atomic mass is 127. The first-order chi connectivity index (χ1) is 8.50. The Bertz CT molecular complexity index is 574. The third-order valence-corrected chi connectivity index (χ3v) is 3.72. The number of nitrogens with zero attached hydrogens (tertiary/aromatic N) is 4. The third kappa shape index (κ3) is 2.40. The normalized spacial score (nSPS) is 10.7. The highest BCUT2D eigenvalue weighted by Crippen LogP contribution is 2.13. The molecule has 1 N–H and O–H groups in total. The lowest BCUT2D eigenvalue weighted by atomic mass is 10.2. The molecule has 0 radical (unpaired) electrons. The van der Waals surface area contributed by atoms with Gasteiger partial charge in [0.15, 0.2) is 0 Å². The van der Waals surface area contributed by atoms with Gasteiger partial charge in [-0.3, -0.25) is 14.6 Å². The standard InChI is InChI=1S/C11H14IN5O/c1-7-8(4-14-17(7)3)6-16(2)11(18)10-9(12)5-13-15-10/h4-5H,6H2,1-3H3,(H,13,15). The monoisotopic (exact) mass is 359 g/mol. The molecule has 7 heteroatoms. The summed E-state index contributed by atoms with van der Waals surface area (Å²) >= 11 is 2.09. The van der Waals surface area contributed by atoms with Crippen LogP contribution in [0.5, 0.6) is 0 Å². The maximum atomic E-state index is 12.2. The van der Waals surface area contributed by atoms with Gasteiger partial charge in [-0.1, -0.05) is 0 Å². The number of rotatable bonds is 3. The first-order valence-corrected chi connectivity index (χ1v) is 6.50. The van der Waals surface area contributed by atoms with Crippen LogP contribution < -0.4 is 0 Å². The molecule has 0 saturated heterocycles. The molecule has 2 aromatic heterocycles. The molecule has 0 bridgehead atoms. The second kappa shape index (κ2) is 5.09. The number of aromatic nitrogens is 4. The number of carbonyl (C=O) groups is 1. The van der Waals surface area contributed by atoms with Gasteiger partial charge in [-0.25, -0.2) is 0 Å². The number of H-pyrrole nitrogens is 1. The Hall–Kier alpha value is -1.38. The number of hydrogen-bond donors (Lipinski definition) is 1. The van der Waals surface area contributed by atoms with Crippen LogP contribution in [0.4, 0.5) is 0 Å². The fraction of sp³-hybridized carbons (Fsp3) is 0.364. The van der Waals surface area contributed by atoms with Crippen LogP contribution in [0.15, 0.2) is 12.4 Å². The summed E-state index contributed by atoms with van der Waals surface area (Å²) in [6, 6.07) is 0. The van der Waals surface area contributed by atoms with E-state index < -0.39 is 0 Å². The first-order valence-electron chi connectivity index (χ1n) is 5.42. The Balaban J connectivity index is 2.13. The number of aromatic amines is 1. The summed E-state index contributed by atoms with van der Waals surface area (Å²) in [7, 11) is 3.66. The van der Waals surface area contributed by atoms with Crippen LogP contribution in [0.2, 0.25) is 0 Å². The minimum absolute atomic E-state index is 0.0693. The second-order valence-corrected chi connectivity index (χ2v) is 5.30. The average molecular weight is 359 g/mol. The molecule has 0 saturated carbocycles. The van der Waals surface area contributed by atoms with Crippen LogP contribution in [-0.4, -0.2) is 37.8 Å². The van der Waals surface area contributed by atoms with Crippen molar-refractivity contribution in [2.75, 3.05) is 7.05 Å². The Morgan fingerprint density at radius 3 is 2.78 bits per heavy atom. The van der Waals surface area contributed by atoms with Crippen LogP contribution in [0.25, 0.3) is 0 Å². The molecule has 1 amide bonds. The summed E-state index contributed by atoms with van der Waals surface area (Å²) in [5.74, 6) is -0.0693. The Kier molecular flexibility index (Phi) is 3.69. The summed E-state index contributed by atoms with van der Waals surface area (Å²) in [6.45, 7) is 2.52. The number of amides is 1. The average Bonchev–Trinajstić information content (AvgIpc) is 2.89. The van der Waals surface area contributed by atoms with E-state index in [1.165, 1.54) is 0 Å². The van der Waals surface area contributed by atoms with Crippen molar-refractivity contribution < 1.29 is 4.79 Å². The Morgan fingerprint density at radius 2 is 2.28 bits per heavy atom. The van der Waals surface area contributed by atoms with E-state index in [9.17, 15) is 4.79 Å². The van der Waals surface area contributed by atoms with Gasteiger partial charge < -0.3 is 4.90 Å². The van der Waals surface area contributed by atoms with Crippen molar-refractivity contribution in [3.63, 3.8) is 0 Å². The zero-order valence-electron chi connectivity index (χ0n) is 10.4. The Morgan fingerprint density at radius 1 is 1.56 bits per heavy atom. The van der Waals surface area contributed by atoms with E-state index in [1.54, 1.807) is 29.0 Å². The molecule has 2 heterocycles. The molecule has 0 aliphatic rings. The summed E-state index contributed by atoms with van der Waals surface area (Å²) < 4.78 is 2.63. The molecular formula is C11H14IN5O. The van der Waals surface area contributed by atoms with Gasteiger partial charge in [-0.15, -0.1) is 0 Å². The number of aryl methyl sites for hydroxylation is 1. The molecule has 18 heavy (non-hydrogen) atoms. The molecule has 0 aliphatic carbocycles. The van der Waals surface area contributed by atoms with E-state index in [0.717, 1.165) is 14.8 Å². The molecule has 6 nitrogen and oxygen atoms in total. The molecule has 2 aromatic rings. The lowest BCUT2D eigenvalue weighted by Gasteiger charge is -2.16. The lowest BCUT2D eigenvalue weighted by molar-refractivity contribution is 0.0778. The summed E-state index contributed by atoms with van der Waals surface area (Å²) in [4.78, 5) is 13.8. The zero-order valence-corrected chi connectivity index (χ0v) is 12.6. The largest absolute Gasteiger partial charge is 0.336 e. The minimum Gasteiger partial charge on any atom is -0.336 e.